The smallest absolute Gasteiger partial charge is 0.336 e. The molecule has 2 amide bonds. The molecule has 4 N–H and O–H groups in total. The number of halogens is 2. The molecule has 0 aliphatic carbocycles. The lowest BCUT2D eigenvalue weighted by atomic mass is 9.79. The molecule has 0 bridgehead atoms. The lowest BCUT2D eigenvalue weighted by Crippen LogP contribution is -2.54. The van der Waals surface area contributed by atoms with Crippen LogP contribution >= 0.6 is 23.2 Å². The largest absolute Gasteiger partial charge is 0.466 e. The Kier molecular flexibility index (Phi) is 11.9. The van der Waals surface area contributed by atoms with E-state index in [0.717, 1.165) is 0 Å². The second-order valence-corrected chi connectivity index (χ2v) is 14.1. The Bertz CT molecular complexity index is 1610. The number of ether oxygens (including phenoxy) is 2. The number of carbonyl (C=O) groups excluding carboxylic acids is 4. The van der Waals surface area contributed by atoms with Crippen LogP contribution in [0.1, 0.15) is 44.6 Å². The van der Waals surface area contributed by atoms with E-state index in [1.165, 1.54) is 14.2 Å². The predicted molar refractivity (Wildman–Crippen MR) is 179 cm³/mol. The molecule has 1 fully saturated rings. The molecule has 2 atom stereocenters. The van der Waals surface area contributed by atoms with Crippen molar-refractivity contribution in [1.82, 2.24) is 15.5 Å². The number of carbonyl (C=O) groups is 4. The van der Waals surface area contributed by atoms with Crippen molar-refractivity contribution >= 4 is 57.8 Å². The fourth-order valence-electron chi connectivity index (χ4n) is 5.53. The van der Waals surface area contributed by atoms with Crippen LogP contribution in [0.15, 0.2) is 76.0 Å². The molecule has 2 aliphatic heterocycles. The minimum Gasteiger partial charge on any atom is -0.466 e. The Morgan fingerprint density at radius 2 is 1.49 bits per heavy atom. The third kappa shape index (κ3) is 8.42. The first-order valence-corrected chi connectivity index (χ1v) is 17.0. The van der Waals surface area contributed by atoms with E-state index in [9.17, 15) is 23.4 Å². The molecule has 1 saturated heterocycles. The zero-order chi connectivity index (χ0) is 34.5. The van der Waals surface area contributed by atoms with E-state index in [1.807, 2.05) is 0 Å². The van der Waals surface area contributed by atoms with Crippen LogP contribution in [-0.2, 0) is 39.5 Å². The number of nitrogens with two attached hydrogens (primary N) is 1. The summed E-state index contributed by atoms with van der Waals surface area (Å²) in [4.78, 5) is 55.4. The summed E-state index contributed by atoms with van der Waals surface area (Å²) in [5, 5.41) is 6.36. The normalized spacial score (nSPS) is 17.9. The highest BCUT2D eigenvalue weighted by atomic mass is 35.5. The van der Waals surface area contributed by atoms with Crippen LogP contribution in [0.5, 0.6) is 0 Å². The third-order valence-electron chi connectivity index (χ3n) is 8.01. The van der Waals surface area contributed by atoms with Crippen molar-refractivity contribution in [3.05, 3.63) is 86.7 Å². The molecule has 47 heavy (non-hydrogen) atoms. The Morgan fingerprint density at radius 3 is 2.02 bits per heavy atom. The maximum absolute atomic E-state index is 13.8. The number of hydrogen-bond acceptors (Lipinski definition) is 9. The molecule has 252 valence electrons. The van der Waals surface area contributed by atoms with Gasteiger partial charge >= 0.3 is 11.9 Å². The van der Waals surface area contributed by atoms with Crippen molar-refractivity contribution in [2.75, 3.05) is 33.1 Å². The lowest BCUT2D eigenvalue weighted by Gasteiger charge is -2.35. The molecular formula is C33H38Cl2N4O7S. The van der Waals surface area contributed by atoms with Gasteiger partial charge in [-0.2, -0.15) is 0 Å². The van der Waals surface area contributed by atoms with Crippen LogP contribution in [0, 0.1) is 0 Å². The Morgan fingerprint density at radius 1 is 0.936 bits per heavy atom. The van der Waals surface area contributed by atoms with E-state index in [4.69, 9.17) is 38.4 Å². The van der Waals surface area contributed by atoms with E-state index < -0.39 is 34.2 Å². The fourth-order valence-corrected chi connectivity index (χ4v) is 7.27. The number of hydrogen-bond donors (Lipinski definition) is 3. The second-order valence-electron chi connectivity index (χ2n) is 11.8. The number of piperidine rings is 1. The van der Waals surface area contributed by atoms with E-state index in [1.54, 1.807) is 67.3 Å². The van der Waals surface area contributed by atoms with E-state index in [0.29, 0.717) is 30.8 Å². The molecule has 0 spiro atoms. The molecule has 0 aromatic heterocycles. The Hall–Kier alpha value is -3.71. The van der Waals surface area contributed by atoms with Gasteiger partial charge in [0.25, 0.3) is 0 Å². The van der Waals surface area contributed by atoms with Crippen molar-refractivity contribution in [3.63, 3.8) is 0 Å². The van der Waals surface area contributed by atoms with Crippen LogP contribution in [-0.4, -0.2) is 77.5 Å². The van der Waals surface area contributed by atoms with E-state index in [-0.39, 0.29) is 68.2 Å². The summed E-state index contributed by atoms with van der Waals surface area (Å²) in [6, 6.07) is 13.3. The van der Waals surface area contributed by atoms with Gasteiger partial charge in [0.1, 0.15) is 0 Å². The summed E-state index contributed by atoms with van der Waals surface area (Å²) in [6.45, 7) is 3.95. The number of amides is 2. The number of dihydropyridines is 1. The van der Waals surface area contributed by atoms with Gasteiger partial charge in [0.2, 0.25) is 11.8 Å². The van der Waals surface area contributed by atoms with Gasteiger partial charge in [0.15, 0.2) is 0 Å². The Balaban J connectivity index is 1.76. The van der Waals surface area contributed by atoms with Crippen molar-refractivity contribution in [1.29, 1.82) is 0 Å². The van der Waals surface area contributed by atoms with Crippen LogP contribution < -0.4 is 16.4 Å². The first-order chi connectivity index (χ1) is 22.3. The first-order valence-electron chi connectivity index (χ1n) is 14.9. The molecule has 0 saturated carbocycles. The molecule has 4 rings (SSSR count). The summed E-state index contributed by atoms with van der Waals surface area (Å²) in [6.07, 6.45) is 0.733. The van der Waals surface area contributed by atoms with Crippen LogP contribution in [0.2, 0.25) is 10.0 Å². The highest BCUT2D eigenvalue weighted by Gasteiger charge is 2.42. The third-order valence-corrected chi connectivity index (χ3v) is 10.0. The predicted octanol–water partition coefficient (Wildman–Crippen LogP) is 3.58. The zero-order valence-electron chi connectivity index (χ0n) is 26.6. The van der Waals surface area contributed by atoms with Gasteiger partial charge in [-0.05, 0) is 51.0 Å². The number of benzene rings is 2. The summed E-state index contributed by atoms with van der Waals surface area (Å²) in [5.41, 5.74) is 5.34. The minimum absolute atomic E-state index is 0.0391. The Labute approximate surface area is 286 Å². The topological polar surface area (TPSA) is 157 Å². The molecule has 2 aromatic rings. The molecule has 2 aliphatic rings. The maximum Gasteiger partial charge on any atom is 0.336 e. The SMILES string of the molecule is COC(=O)C1=C(CC(=O)N2CCC(NC(=O)C(C)(C)N)CC2)NC(CS(=O)c2ccccc2)=C(C(=O)OC)C1c1c(Cl)cccc1Cl. The highest BCUT2D eigenvalue weighted by molar-refractivity contribution is 7.85. The highest BCUT2D eigenvalue weighted by Crippen LogP contribution is 2.45. The van der Waals surface area contributed by atoms with Gasteiger partial charge in [-0.3, -0.25) is 13.8 Å². The minimum atomic E-state index is -1.65. The molecule has 2 heterocycles. The zero-order valence-corrected chi connectivity index (χ0v) is 28.9. The maximum atomic E-state index is 13.8. The van der Waals surface area contributed by atoms with Gasteiger partial charge in [-0.25, -0.2) is 9.59 Å². The van der Waals surface area contributed by atoms with Crippen LogP contribution in [0.3, 0.4) is 0 Å². The molecular weight excluding hydrogens is 667 g/mol. The molecule has 2 unspecified atom stereocenters. The average Bonchev–Trinajstić information content (AvgIpc) is 3.04. The molecule has 11 nitrogen and oxygen atoms in total. The van der Waals surface area contributed by atoms with Crippen molar-refractivity contribution in [3.8, 4) is 0 Å². The number of esters is 2. The van der Waals surface area contributed by atoms with Crippen molar-refractivity contribution < 1.29 is 32.9 Å². The monoisotopic (exact) mass is 704 g/mol. The van der Waals surface area contributed by atoms with Gasteiger partial charge in [-0.1, -0.05) is 47.5 Å². The summed E-state index contributed by atoms with van der Waals surface area (Å²) in [7, 11) is 0.727. The molecule has 2 aromatic carbocycles. The van der Waals surface area contributed by atoms with Crippen LogP contribution in [0.25, 0.3) is 0 Å². The van der Waals surface area contributed by atoms with Gasteiger partial charge in [0.05, 0.1) is 59.8 Å². The number of methoxy groups -OCH3 is 2. The summed E-state index contributed by atoms with van der Waals surface area (Å²) < 4.78 is 23.9. The van der Waals surface area contributed by atoms with Gasteiger partial charge in [0, 0.05) is 51.0 Å². The van der Waals surface area contributed by atoms with Gasteiger partial charge < -0.3 is 30.7 Å². The molecule has 0 radical (unpaired) electrons. The van der Waals surface area contributed by atoms with Crippen molar-refractivity contribution in [2.24, 2.45) is 5.73 Å². The summed E-state index contributed by atoms with van der Waals surface area (Å²) >= 11 is 13.3. The lowest BCUT2D eigenvalue weighted by molar-refractivity contribution is -0.137. The quantitative estimate of drug-likeness (QED) is 0.315. The van der Waals surface area contributed by atoms with Crippen LogP contribution in [0.4, 0.5) is 0 Å². The number of likely N-dealkylation sites (tertiary alicyclic amines) is 1. The van der Waals surface area contributed by atoms with E-state index in [2.05, 4.69) is 10.6 Å². The van der Waals surface area contributed by atoms with Gasteiger partial charge in [-0.15, -0.1) is 0 Å². The van der Waals surface area contributed by atoms with E-state index >= 15 is 0 Å². The number of nitrogens with one attached hydrogen (secondary N) is 2. The van der Waals surface area contributed by atoms with Crippen molar-refractivity contribution in [2.45, 2.75) is 55.5 Å². The number of nitrogens with zero attached hydrogens (tertiary/aromatic N) is 1. The standard InChI is InChI=1S/C33H38Cl2N4O7S/c1-33(2,36)32(43)37-19-13-15-39(16-14-19)25(40)17-23-27(30(41)45-3)29(26-21(34)11-8-12-22(26)35)28(31(42)46-4)24(38-23)18-47(44)20-9-6-5-7-10-20/h5-12,19,29,38H,13-18,36H2,1-4H3,(H,37,43). The first kappa shape index (κ1) is 36.1. The summed E-state index contributed by atoms with van der Waals surface area (Å²) in [5.74, 6) is -3.62. The number of rotatable bonds is 10. The fraction of sp³-hybridized carbons (Fsp3) is 0.394. The average molecular weight is 706 g/mol. The second kappa shape index (κ2) is 15.5. The molecule has 14 heteroatoms.